The van der Waals surface area contributed by atoms with Gasteiger partial charge in [0.25, 0.3) is 0 Å². The smallest absolute Gasteiger partial charge is 0.179 e. The maximum absolute atomic E-state index is 6.27. The Hall–Kier alpha value is -0.930. The second-order valence-electron chi connectivity index (χ2n) is 5.32. The number of halogens is 1. The number of benzene rings is 1. The molecule has 0 saturated heterocycles. The minimum atomic E-state index is 0.0912. The summed E-state index contributed by atoms with van der Waals surface area (Å²) in [4.78, 5) is 0. The third kappa shape index (κ3) is 5.29. The summed E-state index contributed by atoms with van der Waals surface area (Å²) in [5.41, 5.74) is 6.87. The zero-order valence-electron chi connectivity index (χ0n) is 12.2. The van der Waals surface area contributed by atoms with Gasteiger partial charge in [-0.2, -0.15) is 0 Å². The lowest BCUT2D eigenvalue weighted by Gasteiger charge is -2.15. The van der Waals surface area contributed by atoms with E-state index in [9.17, 15) is 0 Å². The first-order valence-electron chi connectivity index (χ1n) is 6.68. The molecule has 1 aromatic rings. The third-order valence-corrected chi connectivity index (χ3v) is 3.07. The Morgan fingerprint density at radius 3 is 2.47 bits per heavy atom. The van der Waals surface area contributed by atoms with Crippen molar-refractivity contribution in [1.82, 2.24) is 0 Å². The van der Waals surface area contributed by atoms with Crippen LogP contribution in [0.1, 0.15) is 32.8 Å². The Kier molecular flexibility index (Phi) is 6.46. The molecule has 0 aliphatic heterocycles. The van der Waals surface area contributed by atoms with E-state index in [0.717, 1.165) is 18.4 Å². The molecule has 0 bridgehead atoms. The average Bonchev–Trinajstić information content (AvgIpc) is 2.30. The molecule has 0 fully saturated rings. The van der Waals surface area contributed by atoms with Crippen LogP contribution in [0.5, 0.6) is 11.5 Å². The predicted octanol–water partition coefficient (Wildman–Crippen LogP) is 3.66. The summed E-state index contributed by atoms with van der Waals surface area (Å²) in [6, 6.07) is 3.94. The van der Waals surface area contributed by atoms with Crippen LogP contribution in [0.4, 0.5) is 0 Å². The van der Waals surface area contributed by atoms with Crippen molar-refractivity contribution >= 4 is 11.6 Å². The van der Waals surface area contributed by atoms with Crippen molar-refractivity contribution in [3.05, 3.63) is 22.7 Å². The van der Waals surface area contributed by atoms with E-state index in [1.54, 1.807) is 7.11 Å². The van der Waals surface area contributed by atoms with Gasteiger partial charge < -0.3 is 15.2 Å². The van der Waals surface area contributed by atoms with Gasteiger partial charge in [-0.25, -0.2) is 0 Å². The summed E-state index contributed by atoms with van der Waals surface area (Å²) in [6.07, 6.45) is 1.75. The highest BCUT2D eigenvalue weighted by Crippen LogP contribution is 2.36. The van der Waals surface area contributed by atoms with Gasteiger partial charge in [-0.15, -0.1) is 0 Å². The summed E-state index contributed by atoms with van der Waals surface area (Å²) in [5, 5.41) is 0.582. The zero-order chi connectivity index (χ0) is 14.4. The monoisotopic (exact) mass is 285 g/mol. The SMILES string of the molecule is COc1cc(CC(C)N)cc(Cl)c1OCCC(C)C. The van der Waals surface area contributed by atoms with Crippen LogP contribution < -0.4 is 15.2 Å². The maximum Gasteiger partial charge on any atom is 0.179 e. The number of hydrogen-bond acceptors (Lipinski definition) is 3. The molecule has 3 nitrogen and oxygen atoms in total. The van der Waals surface area contributed by atoms with Gasteiger partial charge in [0.05, 0.1) is 18.7 Å². The number of hydrogen-bond donors (Lipinski definition) is 1. The number of ether oxygens (including phenoxy) is 2. The number of nitrogens with two attached hydrogens (primary N) is 1. The van der Waals surface area contributed by atoms with Crippen LogP contribution in [0.2, 0.25) is 5.02 Å². The van der Waals surface area contributed by atoms with Crippen LogP contribution in [0.25, 0.3) is 0 Å². The van der Waals surface area contributed by atoms with Crippen molar-refractivity contribution in [1.29, 1.82) is 0 Å². The predicted molar refractivity (Wildman–Crippen MR) is 80.3 cm³/mol. The maximum atomic E-state index is 6.27. The normalized spacial score (nSPS) is 12.6. The highest BCUT2D eigenvalue weighted by Gasteiger charge is 2.13. The molecule has 0 aliphatic rings. The lowest BCUT2D eigenvalue weighted by Crippen LogP contribution is -2.17. The molecule has 0 radical (unpaired) electrons. The van der Waals surface area contributed by atoms with Gasteiger partial charge in [0.15, 0.2) is 11.5 Å². The first-order valence-corrected chi connectivity index (χ1v) is 7.06. The van der Waals surface area contributed by atoms with Crippen molar-refractivity contribution < 1.29 is 9.47 Å². The molecule has 19 heavy (non-hydrogen) atoms. The van der Waals surface area contributed by atoms with Crippen LogP contribution in [0, 0.1) is 5.92 Å². The second-order valence-corrected chi connectivity index (χ2v) is 5.73. The molecule has 108 valence electrons. The quantitative estimate of drug-likeness (QED) is 0.831. The standard InChI is InChI=1S/C15H24ClNO2/c1-10(2)5-6-19-15-13(16)8-12(7-11(3)17)9-14(15)18-4/h8-11H,5-7,17H2,1-4H3. The fourth-order valence-corrected chi connectivity index (χ4v) is 2.09. The van der Waals surface area contributed by atoms with Gasteiger partial charge in [0.1, 0.15) is 0 Å². The first-order chi connectivity index (χ1) is 8.93. The Labute approximate surface area is 121 Å². The zero-order valence-corrected chi connectivity index (χ0v) is 13.0. The van der Waals surface area contributed by atoms with E-state index in [0.29, 0.717) is 29.0 Å². The molecule has 1 aromatic carbocycles. The van der Waals surface area contributed by atoms with Crippen molar-refractivity contribution in [2.24, 2.45) is 11.7 Å². The van der Waals surface area contributed by atoms with Crippen LogP contribution in [-0.2, 0) is 6.42 Å². The summed E-state index contributed by atoms with van der Waals surface area (Å²) >= 11 is 6.27. The minimum Gasteiger partial charge on any atom is -0.493 e. The van der Waals surface area contributed by atoms with E-state index in [-0.39, 0.29) is 6.04 Å². The van der Waals surface area contributed by atoms with E-state index in [1.165, 1.54) is 0 Å². The van der Waals surface area contributed by atoms with E-state index in [2.05, 4.69) is 13.8 Å². The van der Waals surface area contributed by atoms with E-state index in [4.69, 9.17) is 26.8 Å². The van der Waals surface area contributed by atoms with Gasteiger partial charge in [-0.3, -0.25) is 0 Å². The average molecular weight is 286 g/mol. The molecule has 0 spiro atoms. The van der Waals surface area contributed by atoms with Crippen LogP contribution in [0.15, 0.2) is 12.1 Å². The Morgan fingerprint density at radius 1 is 1.26 bits per heavy atom. The molecule has 0 aliphatic carbocycles. The van der Waals surface area contributed by atoms with Crippen LogP contribution in [-0.4, -0.2) is 19.8 Å². The Balaban J connectivity index is 2.85. The Bertz CT molecular complexity index is 405. The van der Waals surface area contributed by atoms with Crippen molar-refractivity contribution in [3.8, 4) is 11.5 Å². The van der Waals surface area contributed by atoms with Gasteiger partial charge in [0.2, 0.25) is 0 Å². The van der Waals surface area contributed by atoms with Gasteiger partial charge >= 0.3 is 0 Å². The molecule has 1 rings (SSSR count). The highest BCUT2D eigenvalue weighted by molar-refractivity contribution is 6.32. The van der Waals surface area contributed by atoms with Gasteiger partial charge in [-0.05, 0) is 43.4 Å². The first kappa shape index (κ1) is 16.1. The lowest BCUT2D eigenvalue weighted by atomic mass is 10.1. The van der Waals surface area contributed by atoms with E-state index >= 15 is 0 Å². The van der Waals surface area contributed by atoms with E-state index in [1.807, 2.05) is 19.1 Å². The second kappa shape index (κ2) is 7.61. The summed E-state index contributed by atoms with van der Waals surface area (Å²) in [5.74, 6) is 1.90. The summed E-state index contributed by atoms with van der Waals surface area (Å²) in [6.45, 7) is 6.93. The minimum absolute atomic E-state index is 0.0912. The molecule has 0 amide bonds. The fourth-order valence-electron chi connectivity index (χ4n) is 1.80. The third-order valence-electron chi connectivity index (χ3n) is 2.79. The van der Waals surface area contributed by atoms with Gasteiger partial charge in [-0.1, -0.05) is 25.4 Å². The van der Waals surface area contributed by atoms with Crippen molar-refractivity contribution in [2.45, 2.75) is 39.7 Å². The topological polar surface area (TPSA) is 44.5 Å². The molecule has 2 N–H and O–H groups in total. The number of methoxy groups -OCH3 is 1. The molecule has 0 heterocycles. The molecular weight excluding hydrogens is 262 g/mol. The fraction of sp³-hybridized carbons (Fsp3) is 0.600. The highest BCUT2D eigenvalue weighted by atomic mass is 35.5. The van der Waals surface area contributed by atoms with Crippen LogP contribution >= 0.6 is 11.6 Å². The number of rotatable bonds is 7. The van der Waals surface area contributed by atoms with Gasteiger partial charge in [0, 0.05) is 6.04 Å². The van der Waals surface area contributed by atoms with Crippen molar-refractivity contribution in [2.75, 3.05) is 13.7 Å². The van der Waals surface area contributed by atoms with Crippen molar-refractivity contribution in [3.63, 3.8) is 0 Å². The molecule has 1 unspecified atom stereocenters. The molecule has 0 aromatic heterocycles. The van der Waals surface area contributed by atoms with E-state index < -0.39 is 0 Å². The molecule has 4 heteroatoms. The Morgan fingerprint density at radius 2 is 1.95 bits per heavy atom. The summed E-state index contributed by atoms with van der Waals surface area (Å²) in [7, 11) is 1.62. The molecule has 1 atom stereocenters. The molecular formula is C15H24ClNO2. The largest absolute Gasteiger partial charge is 0.493 e. The molecule has 0 saturated carbocycles. The lowest BCUT2D eigenvalue weighted by molar-refractivity contribution is 0.273. The summed E-state index contributed by atoms with van der Waals surface area (Å²) < 4.78 is 11.1. The van der Waals surface area contributed by atoms with Crippen LogP contribution in [0.3, 0.4) is 0 Å².